The zero-order chi connectivity index (χ0) is 21.6. The van der Waals surface area contributed by atoms with Crippen molar-refractivity contribution in [1.29, 1.82) is 0 Å². The molecule has 8 heteroatoms. The molecule has 1 fully saturated rings. The Kier molecular flexibility index (Phi) is 6.47. The van der Waals surface area contributed by atoms with Gasteiger partial charge in [-0.25, -0.2) is 9.59 Å². The largest absolute Gasteiger partial charge is 0.492 e. The number of carbonyl (C=O) groups is 1. The maximum absolute atomic E-state index is 12.0. The zero-order valence-electron chi connectivity index (χ0n) is 17.2. The number of hydrogen-bond acceptors (Lipinski definition) is 7. The lowest BCUT2D eigenvalue weighted by Gasteiger charge is -2.31. The van der Waals surface area contributed by atoms with E-state index in [9.17, 15) is 9.59 Å². The van der Waals surface area contributed by atoms with Crippen LogP contribution in [0.3, 0.4) is 0 Å². The number of aromatic nitrogens is 1. The topological polar surface area (TPSA) is 108 Å². The highest BCUT2D eigenvalue weighted by atomic mass is 16.6. The Morgan fingerprint density at radius 2 is 2.03 bits per heavy atom. The second-order valence-electron chi connectivity index (χ2n) is 7.56. The lowest BCUT2D eigenvalue weighted by atomic mass is 10.1. The first-order valence-electron chi connectivity index (χ1n) is 10.4. The van der Waals surface area contributed by atoms with E-state index in [0.717, 1.165) is 55.4 Å². The van der Waals surface area contributed by atoms with Gasteiger partial charge in [-0.1, -0.05) is 12.1 Å². The van der Waals surface area contributed by atoms with E-state index >= 15 is 0 Å². The summed E-state index contributed by atoms with van der Waals surface area (Å²) in [6.07, 6.45) is 5.07. The minimum Gasteiger partial charge on any atom is -0.492 e. The van der Waals surface area contributed by atoms with E-state index in [1.165, 1.54) is 6.07 Å². The number of nitrogens with zero attached hydrogens (tertiary/aromatic N) is 2. The van der Waals surface area contributed by atoms with Gasteiger partial charge in [0.25, 0.3) is 0 Å². The van der Waals surface area contributed by atoms with Crippen LogP contribution in [0.15, 0.2) is 58.0 Å². The Morgan fingerprint density at radius 1 is 1.19 bits per heavy atom. The number of pyridine rings is 1. The molecule has 1 saturated heterocycles. The molecule has 0 bridgehead atoms. The minimum absolute atomic E-state index is 0.0866. The van der Waals surface area contributed by atoms with Crippen molar-refractivity contribution in [3.05, 3.63) is 59.2 Å². The standard InChI is InChI=1S/C23H25N3O5/c24-23(28)30-18-6-10-26(11-7-18)9-2-12-29-20-14-22(27)31-21-13-16(4-5-19(20)21)17-3-1-8-25-15-17/h1,3-5,8,13-15,18H,2,6-7,9-12H2,(H2,24,28). The fourth-order valence-electron chi connectivity index (χ4n) is 3.85. The Morgan fingerprint density at radius 3 is 2.77 bits per heavy atom. The molecule has 2 aromatic heterocycles. The summed E-state index contributed by atoms with van der Waals surface area (Å²) in [5, 5.41) is 0.761. The van der Waals surface area contributed by atoms with E-state index in [0.29, 0.717) is 17.9 Å². The Hall–Kier alpha value is -3.39. The number of fused-ring (bicyclic) bond motifs is 1. The summed E-state index contributed by atoms with van der Waals surface area (Å²) >= 11 is 0. The monoisotopic (exact) mass is 423 g/mol. The van der Waals surface area contributed by atoms with Gasteiger partial charge in [-0.15, -0.1) is 0 Å². The molecule has 8 nitrogen and oxygen atoms in total. The van der Waals surface area contributed by atoms with Crippen molar-refractivity contribution in [3.63, 3.8) is 0 Å². The van der Waals surface area contributed by atoms with Gasteiger partial charge in [0.05, 0.1) is 18.1 Å². The van der Waals surface area contributed by atoms with Crippen LogP contribution in [-0.2, 0) is 4.74 Å². The number of nitrogens with two attached hydrogens (primary N) is 1. The van der Waals surface area contributed by atoms with Gasteiger partial charge in [0.2, 0.25) is 0 Å². The molecule has 0 saturated carbocycles. The Balaban J connectivity index is 1.35. The van der Waals surface area contributed by atoms with Crippen LogP contribution in [0.5, 0.6) is 5.75 Å². The summed E-state index contributed by atoms with van der Waals surface area (Å²) in [5.41, 5.74) is 6.99. The van der Waals surface area contributed by atoms with E-state index in [1.54, 1.807) is 12.4 Å². The molecule has 0 aliphatic carbocycles. The molecule has 1 aromatic carbocycles. The molecule has 162 valence electrons. The first-order valence-corrected chi connectivity index (χ1v) is 10.4. The molecule has 1 amide bonds. The minimum atomic E-state index is -0.709. The van der Waals surface area contributed by atoms with Gasteiger partial charge in [-0.05, 0) is 43.0 Å². The zero-order valence-corrected chi connectivity index (χ0v) is 17.2. The molecule has 3 aromatic rings. The van der Waals surface area contributed by atoms with E-state index in [-0.39, 0.29) is 6.10 Å². The van der Waals surface area contributed by atoms with Crippen LogP contribution < -0.4 is 16.1 Å². The van der Waals surface area contributed by atoms with E-state index in [4.69, 9.17) is 19.6 Å². The van der Waals surface area contributed by atoms with Crippen LogP contribution in [0.4, 0.5) is 4.79 Å². The van der Waals surface area contributed by atoms with Crippen LogP contribution in [0.25, 0.3) is 22.1 Å². The molecule has 4 rings (SSSR count). The molecule has 0 radical (unpaired) electrons. The number of hydrogen-bond donors (Lipinski definition) is 1. The van der Waals surface area contributed by atoms with Crippen molar-refractivity contribution in [2.45, 2.75) is 25.4 Å². The molecule has 0 atom stereocenters. The summed E-state index contributed by atoms with van der Waals surface area (Å²) < 4.78 is 16.4. The van der Waals surface area contributed by atoms with Crippen LogP contribution in [0, 0.1) is 0 Å². The molecule has 31 heavy (non-hydrogen) atoms. The first kappa shape index (κ1) is 20.9. The summed E-state index contributed by atoms with van der Waals surface area (Å²) in [4.78, 5) is 29.3. The number of carbonyl (C=O) groups excluding carboxylic acids is 1. The van der Waals surface area contributed by atoms with Crippen molar-refractivity contribution in [3.8, 4) is 16.9 Å². The van der Waals surface area contributed by atoms with Gasteiger partial charge < -0.3 is 24.5 Å². The highest BCUT2D eigenvalue weighted by molar-refractivity contribution is 5.87. The average molecular weight is 423 g/mol. The average Bonchev–Trinajstić information content (AvgIpc) is 2.77. The molecule has 0 unspecified atom stereocenters. The molecular formula is C23H25N3O5. The number of likely N-dealkylation sites (tertiary alicyclic amines) is 1. The van der Waals surface area contributed by atoms with Crippen molar-refractivity contribution < 1.29 is 18.7 Å². The highest BCUT2D eigenvalue weighted by Crippen LogP contribution is 2.28. The molecule has 3 heterocycles. The summed E-state index contributed by atoms with van der Waals surface area (Å²) in [6, 6.07) is 10.9. The maximum Gasteiger partial charge on any atom is 0.404 e. The van der Waals surface area contributed by atoms with Gasteiger partial charge in [0.1, 0.15) is 17.4 Å². The van der Waals surface area contributed by atoms with Crippen molar-refractivity contribution in [2.75, 3.05) is 26.2 Å². The fraction of sp³-hybridized carbons (Fsp3) is 0.348. The van der Waals surface area contributed by atoms with Gasteiger partial charge in [0, 0.05) is 37.6 Å². The smallest absolute Gasteiger partial charge is 0.404 e. The van der Waals surface area contributed by atoms with E-state index < -0.39 is 11.7 Å². The highest BCUT2D eigenvalue weighted by Gasteiger charge is 2.21. The lowest BCUT2D eigenvalue weighted by molar-refractivity contribution is 0.0549. The summed E-state index contributed by atoms with van der Waals surface area (Å²) in [7, 11) is 0. The predicted octanol–water partition coefficient (Wildman–Crippen LogP) is 3.18. The van der Waals surface area contributed by atoms with Crippen LogP contribution in [-0.4, -0.2) is 48.3 Å². The second-order valence-corrected chi connectivity index (χ2v) is 7.56. The number of rotatable bonds is 7. The third-order valence-corrected chi connectivity index (χ3v) is 5.40. The number of piperidine rings is 1. The van der Waals surface area contributed by atoms with E-state index in [1.807, 2.05) is 30.3 Å². The number of primary amides is 1. The number of amides is 1. The second kappa shape index (κ2) is 9.61. The Labute approximate surface area is 179 Å². The number of benzene rings is 1. The predicted molar refractivity (Wildman–Crippen MR) is 116 cm³/mol. The number of ether oxygens (including phenoxy) is 2. The maximum atomic E-state index is 12.0. The molecule has 2 N–H and O–H groups in total. The van der Waals surface area contributed by atoms with Crippen LogP contribution in [0.2, 0.25) is 0 Å². The molecule has 1 aliphatic rings. The van der Waals surface area contributed by atoms with Crippen molar-refractivity contribution in [1.82, 2.24) is 9.88 Å². The van der Waals surface area contributed by atoms with Crippen LogP contribution >= 0.6 is 0 Å². The Bertz CT molecular complexity index is 1090. The SMILES string of the molecule is NC(=O)OC1CCN(CCCOc2cc(=O)oc3cc(-c4cccnc4)ccc23)CC1. The van der Waals surface area contributed by atoms with Gasteiger partial charge in [-0.3, -0.25) is 4.98 Å². The third-order valence-electron chi connectivity index (χ3n) is 5.40. The third kappa shape index (κ3) is 5.40. The first-order chi connectivity index (χ1) is 15.1. The molecule has 0 spiro atoms. The van der Waals surface area contributed by atoms with Crippen LogP contribution in [0.1, 0.15) is 19.3 Å². The van der Waals surface area contributed by atoms with Crippen molar-refractivity contribution >= 4 is 17.1 Å². The van der Waals surface area contributed by atoms with E-state index in [2.05, 4.69) is 9.88 Å². The summed E-state index contributed by atoms with van der Waals surface area (Å²) in [6.45, 7) is 3.06. The quantitative estimate of drug-likeness (QED) is 0.459. The normalized spacial score (nSPS) is 15.1. The molecular weight excluding hydrogens is 398 g/mol. The lowest BCUT2D eigenvalue weighted by Crippen LogP contribution is -2.39. The van der Waals surface area contributed by atoms with Gasteiger partial charge in [-0.2, -0.15) is 0 Å². The van der Waals surface area contributed by atoms with Gasteiger partial charge >= 0.3 is 11.7 Å². The van der Waals surface area contributed by atoms with Crippen molar-refractivity contribution in [2.24, 2.45) is 5.73 Å². The molecule has 1 aliphatic heterocycles. The van der Waals surface area contributed by atoms with Gasteiger partial charge in [0.15, 0.2) is 0 Å². The summed E-state index contributed by atoms with van der Waals surface area (Å²) in [5.74, 6) is 0.526. The fourth-order valence-corrected chi connectivity index (χ4v) is 3.85.